The van der Waals surface area contributed by atoms with Gasteiger partial charge in [0, 0.05) is 28.5 Å². The molecule has 0 aliphatic carbocycles. The molecule has 0 aliphatic heterocycles. The first-order chi connectivity index (χ1) is 11.7. The van der Waals surface area contributed by atoms with E-state index in [1.165, 1.54) is 6.08 Å². The molecule has 0 aliphatic rings. The first kappa shape index (κ1) is 20.5. The number of allylic oxidation sites excluding steroid dienone is 1. The van der Waals surface area contributed by atoms with Crippen LogP contribution < -0.4 is 21.5 Å². The molecule has 0 aromatic heterocycles. The summed E-state index contributed by atoms with van der Waals surface area (Å²) in [6.07, 6.45) is 2.11. The number of halogens is 1. The Morgan fingerprint density at radius 1 is 1.20 bits per heavy atom. The maximum atomic E-state index is 11.9. The lowest BCUT2D eigenvalue weighted by Crippen LogP contribution is -2.43. The van der Waals surface area contributed by atoms with Crippen molar-refractivity contribution in [1.29, 1.82) is 0 Å². The van der Waals surface area contributed by atoms with E-state index >= 15 is 0 Å². The average Bonchev–Trinajstić information content (AvgIpc) is 2.56. The highest BCUT2D eigenvalue weighted by molar-refractivity contribution is 6.40. The third kappa shape index (κ3) is 6.84. The first-order valence-corrected chi connectivity index (χ1v) is 8.23. The number of hydrogen-bond acceptors (Lipinski definition) is 4. The van der Waals surface area contributed by atoms with Gasteiger partial charge in [-0.15, -0.1) is 0 Å². The Bertz CT molecular complexity index is 688. The van der Waals surface area contributed by atoms with Gasteiger partial charge in [-0.3, -0.25) is 19.8 Å². The predicted molar refractivity (Wildman–Crippen MR) is 97.7 cm³/mol. The van der Waals surface area contributed by atoms with E-state index in [0.717, 1.165) is 6.42 Å². The Kier molecular flexibility index (Phi) is 7.94. The fourth-order valence-corrected chi connectivity index (χ4v) is 1.93. The van der Waals surface area contributed by atoms with Crippen LogP contribution in [-0.2, 0) is 14.4 Å². The summed E-state index contributed by atoms with van der Waals surface area (Å²) in [6, 6.07) is 5.05. The maximum Gasteiger partial charge on any atom is 0.327 e. The number of carbonyl (C=O) groups is 3. The zero-order chi connectivity index (χ0) is 19.0. The molecule has 0 bridgehead atoms. The number of anilines is 1. The molecular formula is C17H23ClN4O3. The highest BCUT2D eigenvalue weighted by Crippen LogP contribution is 2.22. The third-order valence-electron chi connectivity index (χ3n) is 3.44. The lowest BCUT2D eigenvalue weighted by Gasteiger charge is -2.12. The van der Waals surface area contributed by atoms with Gasteiger partial charge in [-0.2, -0.15) is 0 Å². The summed E-state index contributed by atoms with van der Waals surface area (Å²) in [5.41, 5.74) is 6.24. The SMILES string of the molecule is CCC(C)NC(=O)C=C(C)NNC(=O)C(=O)Nc1cccc(Cl)c1C. The second-order valence-corrected chi connectivity index (χ2v) is 6.00. The largest absolute Gasteiger partial charge is 0.350 e. The fraction of sp³-hybridized carbons (Fsp3) is 0.353. The van der Waals surface area contributed by atoms with Crippen molar-refractivity contribution < 1.29 is 14.4 Å². The smallest absolute Gasteiger partial charge is 0.327 e. The topological polar surface area (TPSA) is 99.3 Å². The summed E-state index contributed by atoms with van der Waals surface area (Å²) < 4.78 is 0. The van der Waals surface area contributed by atoms with Gasteiger partial charge in [-0.25, -0.2) is 0 Å². The van der Waals surface area contributed by atoms with Crippen molar-refractivity contribution in [3.05, 3.63) is 40.6 Å². The Morgan fingerprint density at radius 3 is 2.52 bits per heavy atom. The third-order valence-corrected chi connectivity index (χ3v) is 3.85. The average molecular weight is 367 g/mol. The monoisotopic (exact) mass is 366 g/mol. The molecule has 25 heavy (non-hydrogen) atoms. The minimum absolute atomic E-state index is 0.0536. The van der Waals surface area contributed by atoms with Gasteiger partial charge in [-0.05, 0) is 44.9 Å². The number of hydrogen-bond donors (Lipinski definition) is 4. The number of hydrazine groups is 1. The quantitative estimate of drug-likeness (QED) is 0.351. The lowest BCUT2D eigenvalue weighted by molar-refractivity contribution is -0.136. The molecule has 1 atom stereocenters. The van der Waals surface area contributed by atoms with Gasteiger partial charge in [-0.1, -0.05) is 24.6 Å². The van der Waals surface area contributed by atoms with Gasteiger partial charge in [0.05, 0.1) is 0 Å². The molecule has 4 N–H and O–H groups in total. The zero-order valence-electron chi connectivity index (χ0n) is 14.7. The van der Waals surface area contributed by atoms with E-state index in [4.69, 9.17) is 11.6 Å². The number of rotatable bonds is 6. The molecular weight excluding hydrogens is 344 g/mol. The van der Waals surface area contributed by atoms with Crippen molar-refractivity contribution >= 4 is 35.0 Å². The van der Waals surface area contributed by atoms with E-state index in [1.54, 1.807) is 32.0 Å². The molecule has 1 aromatic rings. The molecule has 0 saturated heterocycles. The van der Waals surface area contributed by atoms with Crippen molar-refractivity contribution in [2.45, 2.75) is 40.2 Å². The van der Waals surface area contributed by atoms with Crippen LogP contribution in [0.2, 0.25) is 5.02 Å². The minimum Gasteiger partial charge on any atom is -0.350 e. The summed E-state index contributed by atoms with van der Waals surface area (Å²) in [4.78, 5) is 35.4. The van der Waals surface area contributed by atoms with Crippen molar-refractivity contribution in [3.63, 3.8) is 0 Å². The van der Waals surface area contributed by atoms with Crippen molar-refractivity contribution in [2.24, 2.45) is 0 Å². The van der Waals surface area contributed by atoms with Crippen LogP contribution in [-0.4, -0.2) is 23.8 Å². The molecule has 0 fully saturated rings. The van der Waals surface area contributed by atoms with E-state index in [1.807, 2.05) is 13.8 Å². The fourth-order valence-electron chi connectivity index (χ4n) is 1.75. The summed E-state index contributed by atoms with van der Waals surface area (Å²) in [5, 5.41) is 5.72. The van der Waals surface area contributed by atoms with Crippen LogP contribution in [0, 0.1) is 6.92 Å². The van der Waals surface area contributed by atoms with Gasteiger partial charge < -0.3 is 16.1 Å². The van der Waals surface area contributed by atoms with Crippen molar-refractivity contribution in [2.75, 3.05) is 5.32 Å². The van der Waals surface area contributed by atoms with Gasteiger partial charge >= 0.3 is 11.8 Å². The molecule has 0 radical (unpaired) electrons. The van der Waals surface area contributed by atoms with Gasteiger partial charge in [0.15, 0.2) is 0 Å². The summed E-state index contributed by atoms with van der Waals surface area (Å²) in [7, 11) is 0. The zero-order valence-corrected chi connectivity index (χ0v) is 15.5. The first-order valence-electron chi connectivity index (χ1n) is 7.85. The number of nitrogens with one attached hydrogen (secondary N) is 4. The number of carbonyl (C=O) groups excluding carboxylic acids is 3. The van der Waals surface area contributed by atoms with Crippen molar-refractivity contribution in [3.8, 4) is 0 Å². The molecule has 1 aromatic carbocycles. The van der Waals surface area contributed by atoms with Gasteiger partial charge in [0.25, 0.3) is 0 Å². The van der Waals surface area contributed by atoms with Crippen LogP contribution in [0.5, 0.6) is 0 Å². The molecule has 7 nitrogen and oxygen atoms in total. The standard InChI is InChI=1S/C17H23ClN4O3/c1-5-10(2)19-15(23)9-11(3)21-22-17(25)16(24)20-14-8-6-7-13(18)12(14)4/h6-10,21H,5H2,1-4H3,(H,19,23)(H,20,24)(H,22,25). The van der Waals surface area contributed by atoms with Crippen LogP contribution >= 0.6 is 11.6 Å². The highest BCUT2D eigenvalue weighted by atomic mass is 35.5. The number of benzene rings is 1. The Labute approximate surface area is 152 Å². The molecule has 8 heteroatoms. The Morgan fingerprint density at radius 2 is 1.88 bits per heavy atom. The Hall–Kier alpha value is -2.54. The summed E-state index contributed by atoms with van der Waals surface area (Å²) >= 11 is 5.96. The van der Waals surface area contributed by atoms with E-state index in [9.17, 15) is 14.4 Å². The predicted octanol–water partition coefficient (Wildman–Crippen LogP) is 2.03. The van der Waals surface area contributed by atoms with E-state index < -0.39 is 11.8 Å². The maximum absolute atomic E-state index is 11.9. The van der Waals surface area contributed by atoms with Gasteiger partial charge in [0.1, 0.15) is 0 Å². The molecule has 136 valence electrons. The second kappa shape index (κ2) is 9.68. The van der Waals surface area contributed by atoms with E-state index in [-0.39, 0.29) is 11.9 Å². The van der Waals surface area contributed by atoms with E-state index in [2.05, 4.69) is 21.5 Å². The Balaban J connectivity index is 2.54. The highest BCUT2D eigenvalue weighted by Gasteiger charge is 2.15. The van der Waals surface area contributed by atoms with Crippen LogP contribution in [0.3, 0.4) is 0 Å². The summed E-state index contributed by atoms with van der Waals surface area (Å²) in [5.74, 6) is -2.03. The minimum atomic E-state index is -0.894. The number of amides is 3. The van der Waals surface area contributed by atoms with Crippen LogP contribution in [0.25, 0.3) is 0 Å². The molecule has 0 heterocycles. The van der Waals surface area contributed by atoms with Crippen molar-refractivity contribution in [1.82, 2.24) is 16.2 Å². The molecule has 1 unspecified atom stereocenters. The van der Waals surface area contributed by atoms with Crippen LogP contribution in [0.4, 0.5) is 5.69 Å². The van der Waals surface area contributed by atoms with Gasteiger partial charge in [0.2, 0.25) is 5.91 Å². The lowest BCUT2D eigenvalue weighted by atomic mass is 10.2. The molecule has 0 saturated carbocycles. The molecule has 3 amide bonds. The second-order valence-electron chi connectivity index (χ2n) is 5.59. The molecule has 1 rings (SSSR count). The van der Waals surface area contributed by atoms with Crippen LogP contribution in [0.15, 0.2) is 30.0 Å². The normalized spacial score (nSPS) is 12.1. The van der Waals surface area contributed by atoms with E-state index in [0.29, 0.717) is 22.0 Å². The summed E-state index contributed by atoms with van der Waals surface area (Å²) in [6.45, 7) is 7.17. The molecule has 0 spiro atoms. The van der Waals surface area contributed by atoms with Crippen LogP contribution in [0.1, 0.15) is 32.8 Å².